The number of rotatable bonds is 5. The van der Waals surface area contributed by atoms with Gasteiger partial charge in [-0.1, -0.05) is 12.5 Å². The van der Waals surface area contributed by atoms with E-state index < -0.39 is 6.10 Å². The molecule has 2 aromatic rings. The maximum Gasteiger partial charge on any atom is 0.254 e. The van der Waals surface area contributed by atoms with E-state index in [0.717, 1.165) is 49.7 Å². The predicted molar refractivity (Wildman–Crippen MR) is 109 cm³/mol. The zero-order chi connectivity index (χ0) is 19.3. The van der Waals surface area contributed by atoms with Crippen LogP contribution in [0.2, 0.25) is 0 Å². The minimum Gasteiger partial charge on any atom is -0.368 e. The number of nitrogens with one attached hydrogen (secondary N) is 2. The van der Waals surface area contributed by atoms with E-state index in [4.69, 9.17) is 4.74 Å². The standard InChI is InChI=1S/C21H25N3O3S/c25-19(16-8-5-11-27-16)24-21-18(15-7-2-1-3-9-17(15)28-21)20(26)23-13-14-6-4-10-22-12-14/h4,6,10,12,16H,1-3,5,7-9,11,13H2,(H,23,26)(H,24,25). The van der Waals surface area contributed by atoms with Crippen LogP contribution in [0.25, 0.3) is 0 Å². The summed E-state index contributed by atoms with van der Waals surface area (Å²) in [5.74, 6) is -0.277. The van der Waals surface area contributed by atoms with Crippen molar-refractivity contribution in [2.24, 2.45) is 0 Å². The van der Waals surface area contributed by atoms with Gasteiger partial charge in [0.15, 0.2) is 0 Å². The van der Waals surface area contributed by atoms with Gasteiger partial charge >= 0.3 is 0 Å². The van der Waals surface area contributed by atoms with Crippen LogP contribution < -0.4 is 10.6 Å². The molecule has 2 N–H and O–H groups in total. The van der Waals surface area contributed by atoms with Gasteiger partial charge in [0.2, 0.25) is 0 Å². The van der Waals surface area contributed by atoms with E-state index in [-0.39, 0.29) is 11.8 Å². The highest BCUT2D eigenvalue weighted by atomic mass is 32.1. The molecule has 2 aromatic heterocycles. The summed E-state index contributed by atoms with van der Waals surface area (Å²) in [6, 6.07) is 3.78. The van der Waals surface area contributed by atoms with Crippen LogP contribution >= 0.6 is 11.3 Å². The first-order valence-corrected chi connectivity index (χ1v) is 10.8. The van der Waals surface area contributed by atoms with Gasteiger partial charge in [0.1, 0.15) is 11.1 Å². The first-order chi connectivity index (χ1) is 13.7. The Hall–Kier alpha value is -2.25. The molecule has 1 unspecified atom stereocenters. The molecule has 1 aliphatic heterocycles. The van der Waals surface area contributed by atoms with E-state index in [1.807, 2.05) is 12.1 Å². The molecule has 1 saturated heterocycles. The van der Waals surface area contributed by atoms with E-state index in [1.54, 1.807) is 23.7 Å². The molecule has 1 fully saturated rings. The third-order valence-electron chi connectivity index (χ3n) is 5.28. The Morgan fingerprint density at radius 2 is 2.11 bits per heavy atom. The zero-order valence-electron chi connectivity index (χ0n) is 15.8. The van der Waals surface area contributed by atoms with Gasteiger partial charge in [-0.3, -0.25) is 14.6 Å². The molecule has 6 nitrogen and oxygen atoms in total. The minimum absolute atomic E-state index is 0.133. The summed E-state index contributed by atoms with van der Waals surface area (Å²) in [6.07, 6.45) is 9.92. The number of carbonyl (C=O) groups is 2. The highest BCUT2D eigenvalue weighted by molar-refractivity contribution is 7.17. The SMILES string of the molecule is O=C(NCc1cccnc1)c1c(NC(=O)C2CCCO2)sc2c1CCCCC2. The molecule has 0 aromatic carbocycles. The van der Waals surface area contributed by atoms with Crippen molar-refractivity contribution in [1.82, 2.24) is 10.3 Å². The van der Waals surface area contributed by atoms with Crippen LogP contribution in [-0.2, 0) is 28.9 Å². The van der Waals surface area contributed by atoms with Gasteiger partial charge in [-0.05, 0) is 55.7 Å². The molecular formula is C21H25N3O3S. The number of thiophene rings is 1. The van der Waals surface area contributed by atoms with Crippen LogP contribution in [0.15, 0.2) is 24.5 Å². The lowest BCUT2D eigenvalue weighted by atomic mass is 10.0. The summed E-state index contributed by atoms with van der Waals surface area (Å²) < 4.78 is 5.50. The maximum atomic E-state index is 13.1. The molecule has 148 valence electrons. The van der Waals surface area contributed by atoms with Crippen molar-refractivity contribution in [1.29, 1.82) is 0 Å². The average molecular weight is 400 g/mol. The van der Waals surface area contributed by atoms with E-state index in [0.29, 0.717) is 23.7 Å². The quantitative estimate of drug-likeness (QED) is 0.755. The first-order valence-electron chi connectivity index (χ1n) is 9.96. The number of ether oxygens (including phenoxy) is 1. The summed E-state index contributed by atoms with van der Waals surface area (Å²) in [6.45, 7) is 1.04. The van der Waals surface area contributed by atoms with Crippen LogP contribution in [0.3, 0.4) is 0 Å². The molecule has 28 heavy (non-hydrogen) atoms. The molecule has 7 heteroatoms. The molecule has 1 atom stereocenters. The van der Waals surface area contributed by atoms with E-state index in [1.165, 1.54) is 11.3 Å². The van der Waals surface area contributed by atoms with Gasteiger partial charge in [0.25, 0.3) is 11.8 Å². The van der Waals surface area contributed by atoms with Gasteiger partial charge in [0, 0.05) is 30.4 Å². The molecular weight excluding hydrogens is 374 g/mol. The van der Waals surface area contributed by atoms with Gasteiger partial charge in [-0.25, -0.2) is 0 Å². The number of fused-ring (bicyclic) bond motifs is 1. The molecule has 0 spiro atoms. The second-order valence-corrected chi connectivity index (χ2v) is 8.41. The van der Waals surface area contributed by atoms with Gasteiger partial charge < -0.3 is 15.4 Å². The first kappa shape index (κ1) is 19.1. The highest BCUT2D eigenvalue weighted by Gasteiger charge is 2.29. The number of carbonyl (C=O) groups excluding carboxylic acids is 2. The summed E-state index contributed by atoms with van der Waals surface area (Å²) in [5.41, 5.74) is 2.69. The van der Waals surface area contributed by atoms with Crippen LogP contribution in [-0.4, -0.2) is 29.5 Å². The molecule has 2 aliphatic rings. The Morgan fingerprint density at radius 3 is 2.89 bits per heavy atom. The molecule has 3 heterocycles. The number of pyridine rings is 1. The highest BCUT2D eigenvalue weighted by Crippen LogP contribution is 2.38. The minimum atomic E-state index is -0.409. The Kier molecular flexibility index (Phi) is 6.02. The predicted octanol–water partition coefficient (Wildman–Crippen LogP) is 3.46. The molecule has 1 aliphatic carbocycles. The summed E-state index contributed by atoms with van der Waals surface area (Å²) in [7, 11) is 0. The molecule has 0 bridgehead atoms. The summed E-state index contributed by atoms with van der Waals surface area (Å²) in [4.78, 5) is 31.0. The lowest BCUT2D eigenvalue weighted by Gasteiger charge is -2.12. The van der Waals surface area contributed by atoms with Crippen LogP contribution in [0.4, 0.5) is 5.00 Å². The average Bonchev–Trinajstić information content (AvgIpc) is 3.30. The number of aryl methyl sites for hydroxylation is 1. The monoisotopic (exact) mass is 399 g/mol. The number of hydrogen-bond donors (Lipinski definition) is 2. The Morgan fingerprint density at radius 1 is 1.21 bits per heavy atom. The Balaban J connectivity index is 1.56. The van der Waals surface area contributed by atoms with Gasteiger partial charge in [-0.2, -0.15) is 0 Å². The topological polar surface area (TPSA) is 80.3 Å². The summed E-state index contributed by atoms with van der Waals surface area (Å²) >= 11 is 1.55. The van der Waals surface area contributed by atoms with Crippen LogP contribution in [0.5, 0.6) is 0 Å². The fourth-order valence-corrected chi connectivity index (χ4v) is 5.11. The maximum absolute atomic E-state index is 13.1. The fraction of sp³-hybridized carbons (Fsp3) is 0.476. The van der Waals surface area contributed by atoms with Crippen molar-refractivity contribution in [3.63, 3.8) is 0 Å². The number of amides is 2. The molecule has 0 radical (unpaired) electrons. The third kappa shape index (κ3) is 4.25. The lowest BCUT2D eigenvalue weighted by molar-refractivity contribution is -0.124. The second-order valence-electron chi connectivity index (χ2n) is 7.30. The van der Waals surface area contributed by atoms with E-state index in [9.17, 15) is 9.59 Å². The van der Waals surface area contributed by atoms with Crippen molar-refractivity contribution < 1.29 is 14.3 Å². The normalized spacial score (nSPS) is 18.9. The van der Waals surface area contributed by atoms with Crippen molar-refractivity contribution in [3.8, 4) is 0 Å². The van der Waals surface area contributed by atoms with Crippen LogP contribution in [0.1, 0.15) is 58.5 Å². The smallest absolute Gasteiger partial charge is 0.254 e. The van der Waals surface area contributed by atoms with Crippen molar-refractivity contribution in [2.75, 3.05) is 11.9 Å². The third-order valence-corrected chi connectivity index (χ3v) is 6.49. The summed E-state index contributed by atoms with van der Waals surface area (Å²) in [5, 5.41) is 6.65. The van der Waals surface area contributed by atoms with Gasteiger partial charge in [-0.15, -0.1) is 11.3 Å². The number of nitrogens with zero attached hydrogens (tertiary/aromatic N) is 1. The molecule has 4 rings (SSSR count). The van der Waals surface area contributed by atoms with E-state index >= 15 is 0 Å². The van der Waals surface area contributed by atoms with Crippen molar-refractivity contribution in [2.45, 2.75) is 57.6 Å². The Bertz CT molecular complexity index is 844. The largest absolute Gasteiger partial charge is 0.368 e. The molecule has 2 amide bonds. The Labute approximate surface area is 168 Å². The van der Waals surface area contributed by atoms with Crippen molar-refractivity contribution >= 4 is 28.2 Å². The second kappa shape index (κ2) is 8.84. The number of aromatic nitrogens is 1. The number of hydrogen-bond acceptors (Lipinski definition) is 5. The van der Waals surface area contributed by atoms with E-state index in [2.05, 4.69) is 15.6 Å². The van der Waals surface area contributed by atoms with Crippen molar-refractivity contribution in [3.05, 3.63) is 46.1 Å². The fourth-order valence-electron chi connectivity index (χ4n) is 3.82. The van der Waals surface area contributed by atoms with Crippen LogP contribution in [0, 0.1) is 0 Å². The number of anilines is 1. The molecule has 0 saturated carbocycles. The zero-order valence-corrected chi connectivity index (χ0v) is 16.6. The van der Waals surface area contributed by atoms with Gasteiger partial charge in [0.05, 0.1) is 5.56 Å². The lowest BCUT2D eigenvalue weighted by Crippen LogP contribution is -2.29.